The summed E-state index contributed by atoms with van der Waals surface area (Å²) in [5.74, 6) is -1.61. The fourth-order valence-corrected chi connectivity index (χ4v) is 5.84. The molecule has 3 atom stereocenters. The van der Waals surface area contributed by atoms with Gasteiger partial charge in [-0.3, -0.25) is 4.31 Å². The highest BCUT2D eigenvalue weighted by atomic mass is 32.2. The van der Waals surface area contributed by atoms with Crippen LogP contribution in [0.4, 0.5) is 8.78 Å². The molecule has 0 spiro atoms. The molecule has 0 bridgehead atoms. The van der Waals surface area contributed by atoms with Gasteiger partial charge in [0.15, 0.2) is 0 Å². The molecule has 30 heavy (non-hydrogen) atoms. The van der Waals surface area contributed by atoms with E-state index in [4.69, 9.17) is 9.47 Å². The molecule has 1 aromatic heterocycles. The van der Waals surface area contributed by atoms with Crippen molar-refractivity contribution in [2.24, 2.45) is 0 Å². The zero-order chi connectivity index (χ0) is 21.7. The molecule has 2 aromatic rings. The molecule has 2 fully saturated rings. The Morgan fingerprint density at radius 3 is 2.87 bits per heavy atom. The molecular weight excluding hydrogens is 418 g/mol. The first-order valence-corrected chi connectivity index (χ1v) is 10.7. The van der Waals surface area contributed by atoms with Crippen molar-refractivity contribution in [2.75, 3.05) is 13.7 Å². The zero-order valence-corrected chi connectivity index (χ0v) is 17.1. The Balaban J connectivity index is 1.83. The summed E-state index contributed by atoms with van der Waals surface area (Å²) in [5.41, 5.74) is -1.41. The number of rotatable bonds is 3. The third-order valence-electron chi connectivity index (χ3n) is 5.45. The van der Waals surface area contributed by atoms with Crippen LogP contribution in [-0.2, 0) is 20.3 Å². The van der Waals surface area contributed by atoms with Crippen LogP contribution in [0.25, 0.3) is 0 Å². The minimum Gasteiger partial charge on any atom is -0.436 e. The van der Waals surface area contributed by atoms with Gasteiger partial charge in [-0.25, -0.2) is 17.8 Å². The van der Waals surface area contributed by atoms with Gasteiger partial charge in [0.25, 0.3) is 5.88 Å². The molecule has 0 saturated carbocycles. The van der Waals surface area contributed by atoms with Crippen LogP contribution in [-0.4, -0.2) is 47.7 Å². The topological polar surface area (TPSA) is 93.6 Å². The number of aromatic nitrogens is 2. The third kappa shape index (κ3) is 3.18. The monoisotopic (exact) mass is 438 g/mol. The minimum absolute atomic E-state index is 0.0178. The summed E-state index contributed by atoms with van der Waals surface area (Å²) < 4.78 is 67.5. The second-order valence-electron chi connectivity index (χ2n) is 7.32. The van der Waals surface area contributed by atoms with Gasteiger partial charge in [0.1, 0.15) is 34.5 Å². The maximum atomic E-state index is 15.0. The van der Waals surface area contributed by atoms with Gasteiger partial charge >= 0.3 is 0 Å². The summed E-state index contributed by atoms with van der Waals surface area (Å²) in [5, 5.41) is 2.04. The Hall–Kier alpha value is -2.79. The number of ether oxygens (including phenoxy) is 2. The third-order valence-corrected chi connectivity index (χ3v) is 7.74. The molecule has 0 unspecified atom stereocenters. The van der Waals surface area contributed by atoms with Gasteiger partial charge in [-0.15, -0.1) is 0 Å². The van der Waals surface area contributed by atoms with E-state index in [1.807, 2.05) is 0 Å². The van der Waals surface area contributed by atoms with Crippen LogP contribution in [0.15, 0.2) is 43.1 Å². The molecule has 11 heteroatoms. The van der Waals surface area contributed by atoms with Gasteiger partial charge in [-0.05, 0) is 31.5 Å². The molecule has 0 amide bonds. The smallest absolute Gasteiger partial charge is 0.259 e. The van der Waals surface area contributed by atoms with Crippen molar-refractivity contribution >= 4 is 10.0 Å². The Kier molecular flexibility index (Phi) is 4.89. The molecule has 2 aliphatic rings. The molecule has 8 nitrogen and oxygen atoms in total. The largest absolute Gasteiger partial charge is 0.436 e. The first kappa shape index (κ1) is 20.5. The average Bonchev–Trinajstić information content (AvgIpc) is 2.71. The maximum absolute atomic E-state index is 15.0. The van der Waals surface area contributed by atoms with Crippen LogP contribution in [0.3, 0.4) is 0 Å². The van der Waals surface area contributed by atoms with Crippen LogP contribution in [0.2, 0.25) is 0 Å². The number of hydrogen-bond acceptors (Lipinski definition) is 7. The molecular formula is C19H20F2N4O4S. The number of benzene rings is 1. The fourth-order valence-electron chi connectivity index (χ4n) is 3.83. The molecule has 4 rings (SSSR count). The Bertz CT molecular complexity index is 1110. The molecule has 2 saturated heterocycles. The fraction of sp³-hybridized carbons (Fsp3) is 0.368. The molecule has 160 valence electrons. The summed E-state index contributed by atoms with van der Waals surface area (Å²) in [6.07, 6.45) is 1.87. The first-order chi connectivity index (χ1) is 14.1. The van der Waals surface area contributed by atoms with E-state index in [0.29, 0.717) is 0 Å². The zero-order valence-electron chi connectivity index (χ0n) is 16.3. The lowest BCUT2D eigenvalue weighted by Crippen LogP contribution is -2.68. The number of fused-ring (bicyclic) bond motifs is 1. The molecule has 1 aromatic carbocycles. The normalized spacial score (nSPS) is 27.9. The van der Waals surface area contributed by atoms with Crippen LogP contribution in [0.1, 0.15) is 18.9 Å². The quantitative estimate of drug-likeness (QED) is 0.786. The number of hydrogen-bond donors (Lipinski definition) is 1. The number of sulfonamides is 1. The molecule has 1 N–H and O–H groups in total. The second-order valence-corrected chi connectivity index (χ2v) is 9.47. The summed E-state index contributed by atoms with van der Waals surface area (Å²) >= 11 is 0. The predicted molar refractivity (Wildman–Crippen MR) is 103 cm³/mol. The molecule has 2 aliphatic heterocycles. The van der Waals surface area contributed by atoms with Gasteiger partial charge in [0.05, 0.1) is 18.9 Å². The van der Waals surface area contributed by atoms with Crippen molar-refractivity contribution in [1.82, 2.24) is 19.6 Å². The second kappa shape index (κ2) is 7.17. The van der Waals surface area contributed by atoms with Crippen LogP contribution in [0.5, 0.6) is 11.6 Å². The SMILES string of the molecule is C=C1N[C@@]2(c3cc(Oc4ncncc4F)ccc3F)CO[C@@H](C)C[C@H]2S(=O)(=O)N1C. The first-order valence-electron chi connectivity index (χ1n) is 9.15. The summed E-state index contributed by atoms with van der Waals surface area (Å²) in [7, 11) is -2.45. The van der Waals surface area contributed by atoms with Crippen molar-refractivity contribution in [3.8, 4) is 11.6 Å². The van der Waals surface area contributed by atoms with E-state index in [9.17, 15) is 12.8 Å². The van der Waals surface area contributed by atoms with Crippen molar-refractivity contribution in [1.29, 1.82) is 0 Å². The number of nitrogens with zero attached hydrogens (tertiary/aromatic N) is 3. The van der Waals surface area contributed by atoms with Crippen LogP contribution in [0, 0.1) is 11.6 Å². The number of halogens is 2. The molecule has 3 heterocycles. The molecule has 0 radical (unpaired) electrons. The highest BCUT2D eigenvalue weighted by molar-refractivity contribution is 7.90. The van der Waals surface area contributed by atoms with E-state index in [-0.39, 0.29) is 42.1 Å². The van der Waals surface area contributed by atoms with Crippen molar-refractivity contribution in [3.05, 3.63) is 60.3 Å². The number of nitrogens with one attached hydrogen (secondary N) is 1. The Morgan fingerprint density at radius 1 is 1.37 bits per heavy atom. The van der Waals surface area contributed by atoms with E-state index in [1.54, 1.807) is 6.92 Å². The lowest BCUT2D eigenvalue weighted by Gasteiger charge is -2.52. The van der Waals surface area contributed by atoms with Crippen molar-refractivity contribution in [2.45, 2.75) is 30.2 Å². The van der Waals surface area contributed by atoms with Crippen LogP contribution >= 0.6 is 0 Å². The van der Waals surface area contributed by atoms with Gasteiger partial charge in [0, 0.05) is 12.6 Å². The van der Waals surface area contributed by atoms with Crippen LogP contribution < -0.4 is 10.1 Å². The van der Waals surface area contributed by atoms with E-state index in [1.165, 1.54) is 19.2 Å². The predicted octanol–water partition coefficient (Wildman–Crippen LogP) is 2.26. The van der Waals surface area contributed by atoms with Gasteiger partial charge in [-0.1, -0.05) is 6.58 Å². The van der Waals surface area contributed by atoms with Crippen molar-refractivity contribution in [3.63, 3.8) is 0 Å². The van der Waals surface area contributed by atoms with Gasteiger partial charge in [-0.2, -0.15) is 9.37 Å². The van der Waals surface area contributed by atoms with E-state index >= 15 is 4.39 Å². The highest BCUT2D eigenvalue weighted by Crippen LogP contribution is 2.44. The minimum atomic E-state index is -3.84. The lowest BCUT2D eigenvalue weighted by atomic mass is 9.82. The van der Waals surface area contributed by atoms with E-state index in [2.05, 4.69) is 21.9 Å². The Morgan fingerprint density at radius 2 is 2.13 bits per heavy atom. The highest BCUT2D eigenvalue weighted by Gasteiger charge is 2.57. The Labute approximate surface area is 172 Å². The summed E-state index contributed by atoms with van der Waals surface area (Å²) in [4.78, 5) is 7.26. The summed E-state index contributed by atoms with van der Waals surface area (Å²) in [6, 6.07) is 3.75. The average molecular weight is 438 g/mol. The van der Waals surface area contributed by atoms with Crippen molar-refractivity contribution < 1.29 is 26.7 Å². The van der Waals surface area contributed by atoms with E-state index < -0.39 is 32.4 Å². The standard InChI is InChI=1S/C19H20F2N4O4S/c1-11-6-17-19(9-28-11,24-12(2)25(3)30(17,26)27)14-7-13(4-5-15(14)20)29-18-16(21)8-22-10-23-18/h4-5,7-8,10-11,17,24H,2,6,9H2,1,3H3/t11-,17+,19+/m0/s1. The summed E-state index contributed by atoms with van der Waals surface area (Å²) in [6.45, 7) is 5.42. The van der Waals surface area contributed by atoms with E-state index in [0.717, 1.165) is 22.9 Å². The van der Waals surface area contributed by atoms with Gasteiger partial charge in [0.2, 0.25) is 15.8 Å². The lowest BCUT2D eigenvalue weighted by molar-refractivity contribution is -0.0338. The molecule has 0 aliphatic carbocycles. The maximum Gasteiger partial charge on any atom is 0.259 e. The van der Waals surface area contributed by atoms with Gasteiger partial charge < -0.3 is 14.8 Å².